The highest BCUT2D eigenvalue weighted by atomic mass is 16.5. The number of morpholine rings is 1. The Morgan fingerprint density at radius 2 is 1.93 bits per heavy atom. The van der Waals surface area contributed by atoms with Crippen LogP contribution in [-0.4, -0.2) is 60.9 Å². The van der Waals surface area contributed by atoms with Gasteiger partial charge in [-0.1, -0.05) is 43.3 Å². The molecular weight excluding hydrogens is 380 g/mol. The maximum atomic E-state index is 5.46. The van der Waals surface area contributed by atoms with Gasteiger partial charge in [0, 0.05) is 52.1 Å². The average Bonchev–Trinajstić information content (AvgIpc) is 3.24. The molecule has 30 heavy (non-hydrogen) atoms. The van der Waals surface area contributed by atoms with E-state index in [1.165, 1.54) is 11.1 Å². The van der Waals surface area contributed by atoms with Crippen LogP contribution < -0.4 is 10.6 Å². The van der Waals surface area contributed by atoms with E-state index in [1.807, 2.05) is 0 Å². The third kappa shape index (κ3) is 6.81. The second-order valence-corrected chi connectivity index (χ2v) is 7.81. The molecule has 164 valence electrons. The zero-order valence-electron chi connectivity index (χ0n) is 18.4. The quantitative estimate of drug-likeness (QED) is 0.370. The molecule has 0 radical (unpaired) electrons. The number of aryl methyl sites for hydroxylation is 1. The van der Waals surface area contributed by atoms with Crippen LogP contribution in [0.3, 0.4) is 0 Å². The smallest absolute Gasteiger partial charge is 0.226 e. The topological polar surface area (TPSA) is 87.8 Å². The van der Waals surface area contributed by atoms with Crippen molar-refractivity contribution in [2.24, 2.45) is 4.99 Å². The average molecular weight is 415 g/mol. The third-order valence-electron chi connectivity index (χ3n) is 5.15. The fourth-order valence-electron chi connectivity index (χ4n) is 3.33. The van der Waals surface area contributed by atoms with Crippen molar-refractivity contribution in [1.82, 2.24) is 25.7 Å². The second kappa shape index (κ2) is 11.7. The molecule has 0 spiro atoms. The minimum absolute atomic E-state index is 0.287. The molecule has 1 fully saturated rings. The van der Waals surface area contributed by atoms with Crippen molar-refractivity contribution in [1.29, 1.82) is 0 Å². The van der Waals surface area contributed by atoms with Crippen LogP contribution in [0.25, 0.3) is 0 Å². The van der Waals surface area contributed by atoms with Gasteiger partial charge in [-0.3, -0.25) is 9.89 Å². The first kappa shape index (κ1) is 22.2. The van der Waals surface area contributed by atoms with Gasteiger partial charge in [0.25, 0.3) is 0 Å². The van der Waals surface area contributed by atoms with Crippen LogP contribution in [0, 0.1) is 0 Å². The van der Waals surface area contributed by atoms with E-state index in [0.717, 1.165) is 70.6 Å². The monoisotopic (exact) mass is 414 g/mol. The maximum Gasteiger partial charge on any atom is 0.226 e. The van der Waals surface area contributed by atoms with E-state index < -0.39 is 0 Å². The van der Waals surface area contributed by atoms with Crippen LogP contribution in [0.4, 0.5) is 0 Å². The fraction of sp³-hybridized carbons (Fsp3) is 0.591. The van der Waals surface area contributed by atoms with Crippen LogP contribution in [0.1, 0.15) is 49.0 Å². The summed E-state index contributed by atoms with van der Waals surface area (Å²) in [5.74, 6) is 2.55. The summed E-state index contributed by atoms with van der Waals surface area (Å²) in [5, 5.41) is 10.8. The van der Waals surface area contributed by atoms with Gasteiger partial charge in [0.15, 0.2) is 11.8 Å². The molecule has 2 N–H and O–H groups in total. The Hall–Kier alpha value is -2.45. The first-order chi connectivity index (χ1) is 14.7. The van der Waals surface area contributed by atoms with E-state index in [4.69, 9.17) is 9.26 Å². The molecule has 2 heterocycles. The van der Waals surface area contributed by atoms with E-state index in [1.54, 1.807) is 7.05 Å². The zero-order valence-corrected chi connectivity index (χ0v) is 18.4. The van der Waals surface area contributed by atoms with Gasteiger partial charge in [-0.2, -0.15) is 4.98 Å². The van der Waals surface area contributed by atoms with Gasteiger partial charge in [-0.15, -0.1) is 0 Å². The van der Waals surface area contributed by atoms with E-state index in [0.29, 0.717) is 5.89 Å². The molecular formula is C22H34N6O2. The molecule has 3 rings (SSSR count). The molecule has 0 aliphatic carbocycles. The molecule has 8 nitrogen and oxygen atoms in total. The van der Waals surface area contributed by atoms with Crippen molar-refractivity contribution < 1.29 is 9.26 Å². The van der Waals surface area contributed by atoms with Crippen molar-refractivity contribution in [3.63, 3.8) is 0 Å². The molecule has 0 saturated carbocycles. The minimum Gasteiger partial charge on any atom is -0.379 e. The number of nitrogens with zero attached hydrogens (tertiary/aromatic N) is 4. The van der Waals surface area contributed by atoms with Crippen LogP contribution in [0.15, 0.2) is 33.8 Å². The molecule has 8 heteroatoms. The largest absolute Gasteiger partial charge is 0.379 e. The number of nitrogens with one attached hydrogen (secondary N) is 2. The van der Waals surface area contributed by atoms with Crippen LogP contribution in [0.2, 0.25) is 0 Å². The summed E-state index contributed by atoms with van der Waals surface area (Å²) in [6, 6.07) is 8.58. The highest BCUT2D eigenvalue weighted by molar-refractivity contribution is 5.79. The number of hydrogen-bond acceptors (Lipinski definition) is 6. The number of benzene rings is 1. The van der Waals surface area contributed by atoms with Gasteiger partial charge in [0.2, 0.25) is 5.89 Å². The lowest BCUT2D eigenvalue weighted by Gasteiger charge is -2.27. The SMILES string of the molecule is CN=C(NCCCc1nc(C(C)C)no1)NCc1ccccc1CN1CCOCC1. The van der Waals surface area contributed by atoms with Crippen molar-refractivity contribution in [3.05, 3.63) is 47.1 Å². The molecule has 1 aromatic carbocycles. The molecule has 0 unspecified atom stereocenters. The molecule has 1 aliphatic heterocycles. The Labute approximate surface area is 179 Å². The molecule has 0 amide bonds. The minimum atomic E-state index is 0.287. The summed E-state index contributed by atoms with van der Waals surface area (Å²) in [4.78, 5) is 11.2. The summed E-state index contributed by atoms with van der Waals surface area (Å²) in [7, 11) is 1.79. The van der Waals surface area contributed by atoms with E-state index in [-0.39, 0.29) is 5.92 Å². The molecule has 1 aliphatic rings. The Kier molecular flexibility index (Phi) is 8.65. The lowest BCUT2D eigenvalue weighted by atomic mass is 10.1. The molecule has 0 atom stereocenters. The van der Waals surface area contributed by atoms with E-state index in [9.17, 15) is 0 Å². The Morgan fingerprint density at radius 3 is 2.63 bits per heavy atom. The maximum absolute atomic E-state index is 5.46. The Balaban J connectivity index is 1.42. The Morgan fingerprint density at radius 1 is 1.17 bits per heavy atom. The first-order valence-corrected chi connectivity index (χ1v) is 10.8. The lowest BCUT2D eigenvalue weighted by Crippen LogP contribution is -2.38. The van der Waals surface area contributed by atoms with Gasteiger partial charge in [-0.05, 0) is 17.5 Å². The predicted octanol–water partition coefficient (Wildman–Crippen LogP) is 2.32. The Bertz CT molecular complexity index is 798. The molecule has 2 aromatic rings. The number of guanidine groups is 1. The first-order valence-electron chi connectivity index (χ1n) is 10.8. The number of aliphatic imine (C=N–C) groups is 1. The van der Waals surface area contributed by atoms with Crippen LogP contribution in [-0.2, 0) is 24.2 Å². The molecule has 1 aromatic heterocycles. The van der Waals surface area contributed by atoms with Crippen molar-refractivity contribution in [3.8, 4) is 0 Å². The highest BCUT2D eigenvalue weighted by Gasteiger charge is 2.13. The lowest BCUT2D eigenvalue weighted by molar-refractivity contribution is 0.0341. The van der Waals surface area contributed by atoms with Crippen LogP contribution in [0.5, 0.6) is 0 Å². The third-order valence-corrected chi connectivity index (χ3v) is 5.15. The van der Waals surface area contributed by atoms with Crippen LogP contribution >= 0.6 is 0 Å². The number of rotatable bonds is 9. The van der Waals surface area contributed by atoms with Crippen molar-refractivity contribution in [2.75, 3.05) is 39.9 Å². The normalized spacial score (nSPS) is 15.5. The van der Waals surface area contributed by atoms with Gasteiger partial charge in [-0.25, -0.2) is 0 Å². The summed E-state index contributed by atoms with van der Waals surface area (Å²) in [6.45, 7) is 10.2. The van der Waals surface area contributed by atoms with Gasteiger partial charge >= 0.3 is 0 Å². The van der Waals surface area contributed by atoms with E-state index in [2.05, 4.69) is 68.8 Å². The van der Waals surface area contributed by atoms with Gasteiger partial charge in [0.1, 0.15) is 0 Å². The second-order valence-electron chi connectivity index (χ2n) is 7.81. The summed E-state index contributed by atoms with van der Waals surface area (Å²) < 4.78 is 10.7. The number of hydrogen-bond donors (Lipinski definition) is 2. The highest BCUT2D eigenvalue weighted by Crippen LogP contribution is 2.13. The number of aromatic nitrogens is 2. The van der Waals surface area contributed by atoms with E-state index >= 15 is 0 Å². The van der Waals surface area contributed by atoms with Gasteiger partial charge in [0.05, 0.1) is 13.2 Å². The number of ether oxygens (including phenoxy) is 1. The zero-order chi connectivity index (χ0) is 21.2. The van der Waals surface area contributed by atoms with Gasteiger partial charge < -0.3 is 19.9 Å². The summed E-state index contributed by atoms with van der Waals surface area (Å²) >= 11 is 0. The standard InChI is InChI=1S/C22H34N6O2/c1-17(2)21-26-20(30-27-21)9-6-10-24-22(23-3)25-15-18-7-4-5-8-19(18)16-28-11-13-29-14-12-28/h4-5,7-8,17H,6,9-16H2,1-3H3,(H2,23,24,25). The molecule has 0 bridgehead atoms. The predicted molar refractivity (Wildman–Crippen MR) is 117 cm³/mol. The fourth-order valence-corrected chi connectivity index (χ4v) is 3.33. The van der Waals surface area contributed by atoms with Crippen molar-refractivity contribution in [2.45, 2.75) is 45.7 Å². The summed E-state index contributed by atoms with van der Waals surface area (Å²) in [6.07, 6.45) is 1.65. The molecule has 1 saturated heterocycles. The summed E-state index contributed by atoms with van der Waals surface area (Å²) in [5.41, 5.74) is 2.64. The van der Waals surface area contributed by atoms with Crippen molar-refractivity contribution >= 4 is 5.96 Å².